The summed E-state index contributed by atoms with van der Waals surface area (Å²) < 4.78 is 31.0. The quantitative estimate of drug-likeness (QED) is 0.403. The zero-order chi connectivity index (χ0) is 22.1. The molecule has 1 aliphatic rings. The van der Waals surface area contributed by atoms with Crippen molar-refractivity contribution >= 4 is 27.0 Å². The predicted octanol–water partition coefficient (Wildman–Crippen LogP) is 5.31. The van der Waals surface area contributed by atoms with Gasteiger partial charge in [0, 0.05) is 6.54 Å². The zero-order valence-electron chi connectivity index (χ0n) is 17.2. The van der Waals surface area contributed by atoms with Crippen LogP contribution in [-0.4, -0.2) is 26.0 Å². The van der Waals surface area contributed by atoms with Crippen molar-refractivity contribution < 1.29 is 17.4 Å². The van der Waals surface area contributed by atoms with Crippen LogP contribution in [0.5, 0.6) is 0 Å². The summed E-state index contributed by atoms with van der Waals surface area (Å²) in [6.45, 7) is 0.364. The van der Waals surface area contributed by atoms with Crippen LogP contribution in [0, 0.1) is 0 Å². The Bertz CT molecular complexity index is 1400. The molecule has 1 atom stereocenters. The lowest BCUT2D eigenvalue weighted by atomic mass is 9.88. The molecule has 5 nitrogen and oxygen atoms in total. The summed E-state index contributed by atoms with van der Waals surface area (Å²) in [5.41, 5.74) is 3.02. The molecule has 0 N–H and O–H groups in total. The Morgan fingerprint density at radius 3 is 2.31 bits per heavy atom. The van der Waals surface area contributed by atoms with E-state index >= 15 is 0 Å². The number of carbonyl (C=O) groups excluding carboxylic acids is 1. The summed E-state index contributed by atoms with van der Waals surface area (Å²) in [6, 6.07) is 29.2. The van der Waals surface area contributed by atoms with Crippen LogP contribution in [0.2, 0.25) is 0 Å². The highest BCUT2D eigenvalue weighted by Gasteiger charge is 2.35. The number of hydrogen-bond donors (Lipinski definition) is 0. The molecule has 4 aromatic rings. The molecule has 0 spiro atoms. The van der Waals surface area contributed by atoms with Gasteiger partial charge in [-0.2, -0.15) is 8.42 Å². The Labute approximate surface area is 187 Å². The Kier molecular flexibility index (Phi) is 5.15. The van der Waals surface area contributed by atoms with Crippen LogP contribution in [0.4, 0.5) is 4.79 Å². The van der Waals surface area contributed by atoms with E-state index in [-0.39, 0.29) is 4.90 Å². The molecule has 0 bridgehead atoms. The highest BCUT2D eigenvalue weighted by molar-refractivity contribution is 7.87. The smallest absolute Gasteiger partial charge is 0.324 e. The summed E-state index contributed by atoms with van der Waals surface area (Å²) in [7, 11) is -4.27. The van der Waals surface area contributed by atoms with Crippen molar-refractivity contribution in [3.63, 3.8) is 0 Å². The van der Waals surface area contributed by atoms with E-state index in [1.807, 2.05) is 78.9 Å². The van der Waals surface area contributed by atoms with Gasteiger partial charge in [-0.05, 0) is 46.0 Å². The Balaban J connectivity index is 1.48. The summed E-state index contributed by atoms with van der Waals surface area (Å²) >= 11 is 0. The molecule has 0 saturated heterocycles. The zero-order valence-corrected chi connectivity index (χ0v) is 18.0. The molecule has 0 aliphatic carbocycles. The second-order valence-electron chi connectivity index (χ2n) is 7.77. The van der Waals surface area contributed by atoms with E-state index in [0.29, 0.717) is 13.0 Å². The van der Waals surface area contributed by atoms with Gasteiger partial charge >= 0.3 is 16.2 Å². The molecule has 6 heteroatoms. The first-order valence-electron chi connectivity index (χ1n) is 10.4. The van der Waals surface area contributed by atoms with Gasteiger partial charge in [0.25, 0.3) is 0 Å². The molecule has 0 saturated carbocycles. The number of benzene rings is 4. The highest BCUT2D eigenvalue weighted by atomic mass is 32.2. The van der Waals surface area contributed by atoms with Gasteiger partial charge in [-0.1, -0.05) is 84.9 Å². The van der Waals surface area contributed by atoms with Crippen LogP contribution < -0.4 is 0 Å². The molecule has 32 heavy (non-hydrogen) atoms. The first-order chi connectivity index (χ1) is 15.5. The summed E-state index contributed by atoms with van der Waals surface area (Å²) in [6.07, 6.45) is -0.244. The lowest BCUT2D eigenvalue weighted by molar-refractivity contribution is 0.138. The van der Waals surface area contributed by atoms with Crippen LogP contribution >= 0.6 is 0 Å². The largest absolute Gasteiger partial charge is 0.426 e. The van der Waals surface area contributed by atoms with E-state index < -0.39 is 22.3 Å². The first kappa shape index (κ1) is 20.3. The molecule has 0 radical (unpaired) electrons. The number of rotatable bonds is 3. The van der Waals surface area contributed by atoms with Crippen LogP contribution in [0.25, 0.3) is 10.8 Å². The van der Waals surface area contributed by atoms with Gasteiger partial charge in [-0.3, -0.25) is 4.90 Å². The van der Waals surface area contributed by atoms with Gasteiger partial charge in [0.15, 0.2) is 0 Å². The van der Waals surface area contributed by atoms with Crippen LogP contribution in [0.1, 0.15) is 22.7 Å². The molecular weight excluding hydrogens is 422 g/mol. The Morgan fingerprint density at radius 2 is 1.50 bits per heavy atom. The molecule has 1 heterocycles. The minimum atomic E-state index is -4.27. The standard InChI is InChI=1S/C26H21NO4S/c28-26(31-32(29,30)23-15-14-19-8-4-5-12-22(19)18-23)27-17-16-20-9-6-7-13-24(20)25(27)21-10-2-1-3-11-21/h1-15,18,25H,16-17H2/t25-/m1/s1. The van der Waals surface area contributed by atoms with Crippen molar-refractivity contribution in [2.24, 2.45) is 0 Å². The van der Waals surface area contributed by atoms with Crippen molar-refractivity contribution in [1.82, 2.24) is 4.90 Å². The molecule has 1 amide bonds. The van der Waals surface area contributed by atoms with Crippen molar-refractivity contribution in [2.45, 2.75) is 17.4 Å². The van der Waals surface area contributed by atoms with E-state index in [4.69, 9.17) is 4.18 Å². The van der Waals surface area contributed by atoms with Gasteiger partial charge < -0.3 is 4.18 Å². The lowest BCUT2D eigenvalue weighted by Gasteiger charge is -2.36. The van der Waals surface area contributed by atoms with Crippen molar-refractivity contribution in [3.8, 4) is 0 Å². The van der Waals surface area contributed by atoms with E-state index in [9.17, 15) is 13.2 Å². The molecular formula is C26H21NO4S. The SMILES string of the molecule is O=C(OS(=O)(=O)c1ccc2ccccc2c1)N1CCc2ccccc2[C@H]1c1ccccc1. The fraction of sp³-hybridized carbons (Fsp3) is 0.115. The first-order valence-corrected chi connectivity index (χ1v) is 11.8. The molecule has 0 fully saturated rings. The normalized spacial score (nSPS) is 15.9. The molecule has 0 aromatic heterocycles. The van der Waals surface area contributed by atoms with E-state index in [2.05, 4.69) is 0 Å². The number of amides is 1. The molecule has 5 rings (SSSR count). The van der Waals surface area contributed by atoms with Crippen LogP contribution in [-0.2, 0) is 20.7 Å². The summed E-state index contributed by atoms with van der Waals surface area (Å²) in [5, 5.41) is 1.67. The summed E-state index contributed by atoms with van der Waals surface area (Å²) in [4.78, 5) is 14.6. The van der Waals surface area contributed by atoms with E-state index in [1.54, 1.807) is 6.07 Å². The third kappa shape index (κ3) is 3.74. The molecule has 1 aliphatic heterocycles. The molecule has 160 valence electrons. The minimum Gasteiger partial charge on any atom is -0.324 e. The fourth-order valence-corrected chi connectivity index (χ4v) is 5.16. The number of hydrogen-bond acceptors (Lipinski definition) is 4. The topological polar surface area (TPSA) is 63.7 Å². The van der Waals surface area contributed by atoms with Gasteiger partial charge in [0.1, 0.15) is 4.90 Å². The average molecular weight is 444 g/mol. The maximum Gasteiger partial charge on any atom is 0.426 e. The van der Waals surface area contributed by atoms with Crippen LogP contribution in [0.3, 0.4) is 0 Å². The van der Waals surface area contributed by atoms with Gasteiger partial charge in [-0.25, -0.2) is 4.79 Å². The molecule has 4 aromatic carbocycles. The second kappa shape index (κ2) is 8.13. The van der Waals surface area contributed by atoms with Crippen LogP contribution in [0.15, 0.2) is 102 Å². The maximum absolute atomic E-state index is 13.2. The third-order valence-corrected chi connectivity index (χ3v) is 7.02. The number of nitrogens with zero attached hydrogens (tertiary/aromatic N) is 1. The lowest BCUT2D eigenvalue weighted by Crippen LogP contribution is -2.41. The predicted molar refractivity (Wildman–Crippen MR) is 123 cm³/mol. The van der Waals surface area contributed by atoms with Gasteiger partial charge in [0.05, 0.1) is 6.04 Å². The minimum absolute atomic E-state index is 0.0433. The Morgan fingerprint density at radius 1 is 0.812 bits per heavy atom. The average Bonchev–Trinajstić information content (AvgIpc) is 2.83. The van der Waals surface area contributed by atoms with Crippen molar-refractivity contribution in [3.05, 3.63) is 114 Å². The van der Waals surface area contributed by atoms with Crippen molar-refractivity contribution in [2.75, 3.05) is 6.54 Å². The molecule has 0 unspecified atom stereocenters. The van der Waals surface area contributed by atoms with E-state index in [0.717, 1.165) is 27.5 Å². The maximum atomic E-state index is 13.2. The summed E-state index contributed by atoms with van der Waals surface area (Å²) in [5.74, 6) is 0. The number of carbonyl (C=O) groups is 1. The third-order valence-electron chi connectivity index (χ3n) is 5.82. The van der Waals surface area contributed by atoms with Gasteiger partial charge in [0.2, 0.25) is 0 Å². The second-order valence-corrected chi connectivity index (χ2v) is 9.31. The fourth-order valence-electron chi connectivity index (χ4n) is 4.27. The number of fused-ring (bicyclic) bond motifs is 2. The van der Waals surface area contributed by atoms with Crippen molar-refractivity contribution in [1.29, 1.82) is 0 Å². The monoisotopic (exact) mass is 443 g/mol. The highest BCUT2D eigenvalue weighted by Crippen LogP contribution is 2.36. The van der Waals surface area contributed by atoms with E-state index in [1.165, 1.54) is 17.0 Å². The Hall–Kier alpha value is -3.64. The van der Waals surface area contributed by atoms with Gasteiger partial charge in [-0.15, -0.1) is 0 Å².